The smallest absolute Gasteiger partial charge is 0.0619 e. The van der Waals surface area contributed by atoms with E-state index in [2.05, 4.69) is 25.2 Å². The predicted molar refractivity (Wildman–Crippen MR) is 72.2 cm³/mol. The fourth-order valence-electron chi connectivity index (χ4n) is 3.39. The van der Waals surface area contributed by atoms with Gasteiger partial charge in [0, 0.05) is 18.6 Å². The van der Waals surface area contributed by atoms with Crippen molar-refractivity contribution in [2.75, 3.05) is 13.2 Å². The summed E-state index contributed by atoms with van der Waals surface area (Å²) < 4.78 is 5.87. The topological polar surface area (TPSA) is 21.3 Å². The molecular weight excluding hydrogens is 210 g/mol. The Kier molecular flexibility index (Phi) is 5.05. The molecule has 0 spiro atoms. The molecule has 0 amide bonds. The Hall–Kier alpha value is -0.340. The van der Waals surface area contributed by atoms with Gasteiger partial charge in [-0.05, 0) is 45.1 Å². The lowest BCUT2D eigenvalue weighted by Gasteiger charge is -2.31. The first kappa shape index (κ1) is 13.1. The second kappa shape index (κ2) is 6.55. The van der Waals surface area contributed by atoms with Crippen molar-refractivity contribution in [2.24, 2.45) is 5.92 Å². The molecule has 2 rings (SSSR count). The summed E-state index contributed by atoms with van der Waals surface area (Å²) in [7, 11) is 0. The van der Waals surface area contributed by atoms with Gasteiger partial charge in [-0.15, -0.1) is 0 Å². The maximum absolute atomic E-state index is 5.87. The summed E-state index contributed by atoms with van der Waals surface area (Å²) in [4.78, 5) is 0. The van der Waals surface area contributed by atoms with Crippen LogP contribution in [0.3, 0.4) is 0 Å². The quantitative estimate of drug-likeness (QED) is 0.741. The van der Waals surface area contributed by atoms with Gasteiger partial charge in [-0.3, -0.25) is 0 Å². The average molecular weight is 237 g/mol. The minimum atomic E-state index is 0.474. The summed E-state index contributed by atoms with van der Waals surface area (Å²) in [5, 5.41) is 3.71. The summed E-state index contributed by atoms with van der Waals surface area (Å²) in [6.07, 6.45) is 10.7. The summed E-state index contributed by atoms with van der Waals surface area (Å²) >= 11 is 0. The van der Waals surface area contributed by atoms with Crippen LogP contribution >= 0.6 is 0 Å². The van der Waals surface area contributed by atoms with Crippen LogP contribution in [-0.4, -0.2) is 25.3 Å². The van der Waals surface area contributed by atoms with Crippen LogP contribution in [0.4, 0.5) is 0 Å². The van der Waals surface area contributed by atoms with Crippen LogP contribution in [0.2, 0.25) is 0 Å². The minimum absolute atomic E-state index is 0.474. The monoisotopic (exact) mass is 237 g/mol. The molecule has 0 radical (unpaired) electrons. The lowest BCUT2D eigenvalue weighted by molar-refractivity contribution is 0.0806. The highest BCUT2D eigenvalue weighted by atomic mass is 16.5. The molecule has 1 saturated heterocycles. The molecule has 2 heteroatoms. The van der Waals surface area contributed by atoms with Crippen molar-refractivity contribution in [1.29, 1.82) is 0 Å². The summed E-state index contributed by atoms with van der Waals surface area (Å²) in [5.41, 5.74) is 1.66. The second-order valence-electron chi connectivity index (χ2n) is 5.33. The van der Waals surface area contributed by atoms with E-state index >= 15 is 0 Å². The molecule has 3 atom stereocenters. The SMILES string of the molecule is CCNC(C1=CCCCC1)C1CCOC1CC. The van der Waals surface area contributed by atoms with E-state index in [-0.39, 0.29) is 0 Å². The molecule has 0 bridgehead atoms. The zero-order chi connectivity index (χ0) is 12.1. The normalized spacial score (nSPS) is 31.3. The van der Waals surface area contributed by atoms with Crippen LogP contribution in [0.15, 0.2) is 11.6 Å². The van der Waals surface area contributed by atoms with E-state index in [9.17, 15) is 0 Å². The molecule has 3 unspecified atom stereocenters. The largest absolute Gasteiger partial charge is 0.378 e. The van der Waals surface area contributed by atoms with Gasteiger partial charge < -0.3 is 10.1 Å². The maximum Gasteiger partial charge on any atom is 0.0619 e. The lowest BCUT2D eigenvalue weighted by Crippen LogP contribution is -2.41. The Bertz CT molecular complexity index is 262. The Morgan fingerprint density at radius 1 is 1.41 bits per heavy atom. The molecule has 2 aliphatic rings. The van der Waals surface area contributed by atoms with E-state index in [4.69, 9.17) is 4.74 Å². The van der Waals surface area contributed by atoms with Gasteiger partial charge in [0.05, 0.1) is 6.10 Å². The fraction of sp³-hybridized carbons (Fsp3) is 0.867. The highest BCUT2D eigenvalue weighted by Gasteiger charge is 2.34. The Morgan fingerprint density at radius 2 is 2.29 bits per heavy atom. The third kappa shape index (κ3) is 3.11. The van der Waals surface area contributed by atoms with Gasteiger partial charge in [0.25, 0.3) is 0 Å². The van der Waals surface area contributed by atoms with Crippen molar-refractivity contribution in [3.63, 3.8) is 0 Å². The molecular formula is C15H27NO. The molecule has 98 valence electrons. The number of rotatable bonds is 5. The van der Waals surface area contributed by atoms with Gasteiger partial charge in [-0.25, -0.2) is 0 Å². The van der Waals surface area contributed by atoms with E-state index in [1.54, 1.807) is 5.57 Å². The van der Waals surface area contributed by atoms with Crippen molar-refractivity contribution in [3.8, 4) is 0 Å². The van der Waals surface area contributed by atoms with Crippen LogP contribution in [0.1, 0.15) is 52.4 Å². The van der Waals surface area contributed by atoms with E-state index in [1.165, 1.54) is 32.1 Å². The summed E-state index contributed by atoms with van der Waals surface area (Å²) in [6, 6.07) is 0.577. The Labute approximate surface area is 106 Å². The molecule has 0 aromatic carbocycles. The van der Waals surface area contributed by atoms with Gasteiger partial charge in [0.2, 0.25) is 0 Å². The van der Waals surface area contributed by atoms with E-state index in [1.807, 2.05) is 0 Å². The zero-order valence-electron chi connectivity index (χ0n) is 11.4. The Balaban J connectivity index is 2.07. The number of nitrogens with one attached hydrogen (secondary N) is 1. The average Bonchev–Trinajstić information content (AvgIpc) is 2.85. The van der Waals surface area contributed by atoms with Crippen molar-refractivity contribution in [3.05, 3.63) is 11.6 Å². The first-order valence-electron chi connectivity index (χ1n) is 7.40. The number of ether oxygens (including phenoxy) is 1. The first-order chi connectivity index (χ1) is 8.36. The third-order valence-electron chi connectivity index (χ3n) is 4.24. The van der Waals surface area contributed by atoms with Crippen LogP contribution in [0.25, 0.3) is 0 Å². The molecule has 1 fully saturated rings. The van der Waals surface area contributed by atoms with Crippen LogP contribution in [0, 0.1) is 5.92 Å². The predicted octanol–water partition coefficient (Wildman–Crippen LogP) is 3.28. The molecule has 1 aliphatic carbocycles. The molecule has 1 aliphatic heterocycles. The first-order valence-corrected chi connectivity index (χ1v) is 7.40. The van der Waals surface area contributed by atoms with Crippen LogP contribution in [0.5, 0.6) is 0 Å². The highest BCUT2D eigenvalue weighted by Crippen LogP contribution is 2.33. The number of hydrogen-bond donors (Lipinski definition) is 1. The van der Waals surface area contributed by atoms with Gasteiger partial charge >= 0.3 is 0 Å². The number of hydrogen-bond acceptors (Lipinski definition) is 2. The second-order valence-corrected chi connectivity index (χ2v) is 5.33. The summed E-state index contributed by atoms with van der Waals surface area (Å²) in [6.45, 7) is 6.49. The molecule has 17 heavy (non-hydrogen) atoms. The van der Waals surface area contributed by atoms with E-state index < -0.39 is 0 Å². The Morgan fingerprint density at radius 3 is 2.94 bits per heavy atom. The summed E-state index contributed by atoms with van der Waals surface area (Å²) in [5.74, 6) is 0.698. The number of allylic oxidation sites excluding steroid dienone is 1. The van der Waals surface area contributed by atoms with Crippen molar-refractivity contribution >= 4 is 0 Å². The maximum atomic E-state index is 5.87. The van der Waals surface area contributed by atoms with Crippen molar-refractivity contribution in [1.82, 2.24) is 5.32 Å². The van der Waals surface area contributed by atoms with Gasteiger partial charge in [-0.1, -0.05) is 25.5 Å². The molecule has 0 saturated carbocycles. The highest BCUT2D eigenvalue weighted by molar-refractivity contribution is 5.16. The zero-order valence-corrected chi connectivity index (χ0v) is 11.4. The van der Waals surface area contributed by atoms with Crippen molar-refractivity contribution in [2.45, 2.75) is 64.5 Å². The van der Waals surface area contributed by atoms with Crippen LogP contribution in [-0.2, 0) is 4.74 Å². The molecule has 0 aromatic rings. The van der Waals surface area contributed by atoms with E-state index in [0.717, 1.165) is 19.6 Å². The lowest BCUT2D eigenvalue weighted by atomic mass is 9.82. The number of likely N-dealkylation sites (N-methyl/N-ethyl adjacent to an activating group) is 1. The molecule has 1 N–H and O–H groups in total. The third-order valence-corrected chi connectivity index (χ3v) is 4.24. The minimum Gasteiger partial charge on any atom is -0.378 e. The molecule has 1 heterocycles. The van der Waals surface area contributed by atoms with E-state index in [0.29, 0.717) is 18.1 Å². The fourth-order valence-corrected chi connectivity index (χ4v) is 3.39. The van der Waals surface area contributed by atoms with Gasteiger partial charge in [0.15, 0.2) is 0 Å². The van der Waals surface area contributed by atoms with Crippen LogP contribution < -0.4 is 5.32 Å². The molecule has 0 aromatic heterocycles. The standard InChI is InChI=1S/C15H27NO/c1-3-14-13(10-11-17-14)15(16-4-2)12-8-6-5-7-9-12/h8,13-16H,3-7,9-11H2,1-2H3. The van der Waals surface area contributed by atoms with Crippen molar-refractivity contribution < 1.29 is 4.74 Å². The van der Waals surface area contributed by atoms with Gasteiger partial charge in [0.1, 0.15) is 0 Å². The molecule has 2 nitrogen and oxygen atoms in total. The van der Waals surface area contributed by atoms with Gasteiger partial charge in [-0.2, -0.15) is 0 Å².